The Hall–Kier alpha value is -2.60. The van der Waals surface area contributed by atoms with Gasteiger partial charge in [0, 0.05) is 5.41 Å². The second-order valence-electron chi connectivity index (χ2n) is 7.08. The zero-order valence-electron chi connectivity index (χ0n) is 19.4. The van der Waals surface area contributed by atoms with E-state index in [9.17, 15) is 0 Å². The van der Waals surface area contributed by atoms with Crippen LogP contribution in [0.3, 0.4) is 0 Å². The van der Waals surface area contributed by atoms with E-state index in [0.717, 1.165) is 0 Å². The molecule has 0 amide bonds. The van der Waals surface area contributed by atoms with E-state index in [1.54, 1.807) is 0 Å². The average Bonchev–Trinajstić information content (AvgIpc) is 3.03. The Labute approximate surface area is 177 Å². The molecule has 29 heavy (non-hydrogen) atoms. The van der Waals surface area contributed by atoms with Crippen molar-refractivity contribution in [3.05, 3.63) is 83.9 Å². The first-order valence-corrected chi connectivity index (χ1v) is 11.2. The molecule has 1 aliphatic carbocycles. The molecular weight excluding hydrogens is 348 g/mol. The van der Waals surface area contributed by atoms with Crippen LogP contribution in [0.2, 0.25) is 0 Å². The Morgan fingerprint density at radius 3 is 1.79 bits per heavy atom. The largest absolute Gasteiger partial charge is 0.0683 e. The normalized spacial score (nSPS) is 12.4. The summed E-state index contributed by atoms with van der Waals surface area (Å²) in [5, 5.41) is 5.35. The second kappa shape index (κ2) is 9.74. The van der Waals surface area contributed by atoms with E-state index in [-0.39, 0.29) is 5.41 Å². The van der Waals surface area contributed by atoms with E-state index in [2.05, 4.69) is 86.6 Å². The lowest BCUT2D eigenvalue weighted by Crippen LogP contribution is -2.14. The standard InChI is InChI=1S/C23H18.3C2H6/c1-23(2)21-10-6-5-9-18(21)20-13-16-12-11-15-7-3-4-8-17(15)19(16)14-22(20)23;3*1-2/h3-14H,1-2H3;3*1-2H3. The molecule has 0 N–H and O–H groups in total. The van der Waals surface area contributed by atoms with E-state index >= 15 is 0 Å². The molecule has 4 aromatic carbocycles. The van der Waals surface area contributed by atoms with Gasteiger partial charge in [-0.15, -0.1) is 0 Å². The molecule has 0 heterocycles. The van der Waals surface area contributed by atoms with Gasteiger partial charge in [-0.25, -0.2) is 0 Å². The van der Waals surface area contributed by atoms with Gasteiger partial charge in [-0.2, -0.15) is 0 Å². The summed E-state index contributed by atoms with van der Waals surface area (Å²) >= 11 is 0. The molecule has 0 spiro atoms. The lowest BCUT2D eigenvalue weighted by molar-refractivity contribution is 0.661. The fourth-order valence-electron chi connectivity index (χ4n) is 4.20. The topological polar surface area (TPSA) is 0 Å². The summed E-state index contributed by atoms with van der Waals surface area (Å²) in [6.07, 6.45) is 0. The number of rotatable bonds is 0. The quantitative estimate of drug-likeness (QED) is 0.265. The van der Waals surface area contributed by atoms with Crippen molar-refractivity contribution in [3.8, 4) is 11.1 Å². The van der Waals surface area contributed by atoms with Crippen molar-refractivity contribution in [2.45, 2.75) is 60.8 Å². The molecule has 0 aromatic heterocycles. The highest BCUT2D eigenvalue weighted by molar-refractivity contribution is 6.09. The Bertz CT molecular complexity index is 1080. The van der Waals surface area contributed by atoms with Crippen molar-refractivity contribution in [2.75, 3.05) is 0 Å². The van der Waals surface area contributed by atoms with E-state index < -0.39 is 0 Å². The number of benzene rings is 4. The molecule has 0 radical (unpaired) electrons. The van der Waals surface area contributed by atoms with Crippen LogP contribution in [0.4, 0.5) is 0 Å². The Balaban J connectivity index is 0.000000461. The van der Waals surface area contributed by atoms with Gasteiger partial charge in [-0.05, 0) is 55.9 Å². The maximum absolute atomic E-state index is 2.42. The van der Waals surface area contributed by atoms with Gasteiger partial charge >= 0.3 is 0 Å². The fraction of sp³-hybridized carbons (Fsp3) is 0.310. The zero-order chi connectivity index (χ0) is 21.6. The van der Waals surface area contributed by atoms with Crippen LogP contribution >= 0.6 is 0 Å². The average molecular weight is 385 g/mol. The van der Waals surface area contributed by atoms with Gasteiger partial charge in [-0.3, -0.25) is 0 Å². The van der Waals surface area contributed by atoms with Crippen LogP contribution in [-0.4, -0.2) is 0 Å². The lowest BCUT2D eigenvalue weighted by Gasteiger charge is -2.21. The third-order valence-corrected chi connectivity index (χ3v) is 5.45. The molecule has 0 aliphatic heterocycles. The van der Waals surface area contributed by atoms with Crippen LogP contribution in [0.15, 0.2) is 72.8 Å². The van der Waals surface area contributed by atoms with E-state index in [1.165, 1.54) is 43.8 Å². The molecule has 0 saturated heterocycles. The van der Waals surface area contributed by atoms with Crippen LogP contribution in [0, 0.1) is 0 Å². The maximum atomic E-state index is 2.42. The molecular formula is C29H36. The molecule has 0 nitrogen and oxygen atoms in total. The molecule has 0 heteroatoms. The molecule has 152 valence electrons. The maximum Gasteiger partial charge on any atom is 0.0159 e. The van der Waals surface area contributed by atoms with Gasteiger partial charge < -0.3 is 0 Å². The van der Waals surface area contributed by atoms with Crippen molar-refractivity contribution < 1.29 is 0 Å². The molecule has 0 unspecified atom stereocenters. The van der Waals surface area contributed by atoms with E-state index in [0.29, 0.717) is 0 Å². The van der Waals surface area contributed by atoms with Crippen molar-refractivity contribution >= 4 is 21.5 Å². The van der Waals surface area contributed by atoms with Gasteiger partial charge in [0.1, 0.15) is 0 Å². The molecule has 0 fully saturated rings. The van der Waals surface area contributed by atoms with Gasteiger partial charge in [0.25, 0.3) is 0 Å². The predicted octanol–water partition coefficient (Wildman–Crippen LogP) is 9.38. The highest BCUT2D eigenvalue weighted by atomic mass is 14.4. The molecule has 4 aromatic rings. The second-order valence-corrected chi connectivity index (χ2v) is 7.08. The summed E-state index contributed by atoms with van der Waals surface area (Å²) < 4.78 is 0. The Kier molecular flexibility index (Phi) is 7.62. The van der Waals surface area contributed by atoms with Gasteiger partial charge in [0.2, 0.25) is 0 Å². The molecule has 1 aliphatic rings. The first kappa shape index (κ1) is 22.7. The zero-order valence-corrected chi connectivity index (χ0v) is 19.4. The van der Waals surface area contributed by atoms with Crippen molar-refractivity contribution in [3.63, 3.8) is 0 Å². The molecule has 0 bridgehead atoms. The summed E-state index contributed by atoms with van der Waals surface area (Å²) in [7, 11) is 0. The highest BCUT2D eigenvalue weighted by Gasteiger charge is 2.35. The minimum Gasteiger partial charge on any atom is -0.0683 e. The summed E-state index contributed by atoms with van der Waals surface area (Å²) in [4.78, 5) is 0. The van der Waals surface area contributed by atoms with Crippen molar-refractivity contribution in [1.29, 1.82) is 0 Å². The molecule has 0 saturated carbocycles. The Morgan fingerprint density at radius 2 is 1.07 bits per heavy atom. The molecule has 5 rings (SSSR count). The summed E-state index contributed by atoms with van der Waals surface area (Å²) in [5.74, 6) is 0. The van der Waals surface area contributed by atoms with E-state index in [1.807, 2.05) is 41.5 Å². The minimum absolute atomic E-state index is 0.0665. The summed E-state index contributed by atoms with van der Waals surface area (Å²) in [6.45, 7) is 16.7. The highest BCUT2D eigenvalue weighted by Crippen LogP contribution is 2.50. The Morgan fingerprint density at radius 1 is 0.483 bits per heavy atom. The number of fused-ring (bicyclic) bond motifs is 6. The van der Waals surface area contributed by atoms with Gasteiger partial charge in [0.05, 0.1) is 0 Å². The lowest BCUT2D eigenvalue weighted by atomic mass is 9.81. The van der Waals surface area contributed by atoms with Crippen molar-refractivity contribution in [1.82, 2.24) is 0 Å². The SMILES string of the molecule is CC.CC.CC.CC1(C)c2ccccc2-c2cc3ccc4ccccc4c3cc21. The first-order valence-electron chi connectivity index (χ1n) is 11.2. The van der Waals surface area contributed by atoms with Crippen LogP contribution in [0.25, 0.3) is 32.7 Å². The van der Waals surface area contributed by atoms with E-state index in [4.69, 9.17) is 0 Å². The predicted molar refractivity (Wildman–Crippen MR) is 133 cm³/mol. The first-order chi connectivity index (χ1) is 14.2. The van der Waals surface area contributed by atoms with Crippen LogP contribution in [-0.2, 0) is 5.41 Å². The summed E-state index contributed by atoms with van der Waals surface area (Å²) in [5.41, 5.74) is 5.74. The fourth-order valence-corrected chi connectivity index (χ4v) is 4.20. The van der Waals surface area contributed by atoms with Crippen LogP contribution < -0.4 is 0 Å². The van der Waals surface area contributed by atoms with Crippen LogP contribution in [0.1, 0.15) is 66.5 Å². The van der Waals surface area contributed by atoms with Crippen molar-refractivity contribution in [2.24, 2.45) is 0 Å². The number of hydrogen-bond acceptors (Lipinski definition) is 0. The number of hydrogen-bond donors (Lipinski definition) is 0. The monoisotopic (exact) mass is 384 g/mol. The summed E-state index contributed by atoms with van der Waals surface area (Å²) in [6, 6.07) is 26.8. The smallest absolute Gasteiger partial charge is 0.0159 e. The minimum atomic E-state index is 0.0665. The van der Waals surface area contributed by atoms with Crippen LogP contribution in [0.5, 0.6) is 0 Å². The van der Waals surface area contributed by atoms with Gasteiger partial charge in [0.15, 0.2) is 0 Å². The third kappa shape index (κ3) is 3.81. The third-order valence-electron chi connectivity index (χ3n) is 5.45. The van der Waals surface area contributed by atoms with Gasteiger partial charge in [-0.1, -0.05) is 116 Å². The molecule has 0 atom stereocenters.